The summed E-state index contributed by atoms with van der Waals surface area (Å²) in [5.74, 6) is 0.539. The quantitative estimate of drug-likeness (QED) is 0.868. The number of morpholine rings is 1. The van der Waals surface area contributed by atoms with Gasteiger partial charge in [0.05, 0.1) is 18.1 Å². The summed E-state index contributed by atoms with van der Waals surface area (Å²) < 4.78 is 31.7. The van der Waals surface area contributed by atoms with E-state index in [1.165, 1.54) is 22.6 Å². The van der Waals surface area contributed by atoms with E-state index in [4.69, 9.17) is 4.74 Å². The fourth-order valence-electron chi connectivity index (χ4n) is 1.91. The lowest BCUT2D eigenvalue weighted by Gasteiger charge is -2.32. The first kappa shape index (κ1) is 13.3. The highest BCUT2D eigenvalue weighted by Gasteiger charge is 2.31. The number of nitrogens with zero attached hydrogens (tertiary/aromatic N) is 2. The molecule has 0 spiro atoms. The average Bonchev–Trinajstić information content (AvgIpc) is 2.39. The van der Waals surface area contributed by atoms with Crippen LogP contribution in [0.5, 0.6) is 0 Å². The number of pyridine rings is 1. The van der Waals surface area contributed by atoms with E-state index >= 15 is 0 Å². The Kier molecular flexibility index (Phi) is 3.84. The minimum absolute atomic E-state index is 0.144. The second kappa shape index (κ2) is 5.21. The summed E-state index contributed by atoms with van der Waals surface area (Å²) in [5, 5.41) is 2.83. The molecular weight excluding hydrogens is 254 g/mol. The summed E-state index contributed by atoms with van der Waals surface area (Å²) in [4.78, 5) is 4.28. The van der Waals surface area contributed by atoms with Crippen LogP contribution in [0.2, 0.25) is 0 Å². The largest absolute Gasteiger partial charge is 0.378 e. The predicted molar refractivity (Wildman–Crippen MR) is 68.0 cm³/mol. The van der Waals surface area contributed by atoms with Crippen molar-refractivity contribution in [2.75, 3.05) is 32.1 Å². The van der Waals surface area contributed by atoms with Gasteiger partial charge in [0.1, 0.15) is 5.82 Å². The molecule has 0 amide bonds. The molecule has 1 N–H and O–H groups in total. The number of sulfonamides is 1. The van der Waals surface area contributed by atoms with Crippen LogP contribution in [-0.4, -0.2) is 50.6 Å². The van der Waals surface area contributed by atoms with Crippen molar-refractivity contribution in [3.8, 4) is 0 Å². The van der Waals surface area contributed by atoms with Crippen molar-refractivity contribution >= 4 is 15.8 Å². The van der Waals surface area contributed by atoms with Gasteiger partial charge in [0.15, 0.2) is 0 Å². The maximum atomic E-state index is 12.5. The van der Waals surface area contributed by atoms with Crippen molar-refractivity contribution in [1.29, 1.82) is 0 Å². The lowest BCUT2D eigenvalue weighted by Crippen LogP contribution is -2.46. The molecule has 0 aromatic carbocycles. The second-order valence-corrected chi connectivity index (χ2v) is 6.06. The zero-order valence-electron chi connectivity index (χ0n) is 10.5. The molecule has 0 aliphatic carbocycles. The van der Waals surface area contributed by atoms with Gasteiger partial charge in [0.2, 0.25) is 10.0 Å². The molecule has 0 radical (unpaired) electrons. The Balaban J connectivity index is 2.34. The van der Waals surface area contributed by atoms with E-state index in [0.717, 1.165) is 0 Å². The smallest absolute Gasteiger partial charge is 0.243 e. The molecule has 1 fully saturated rings. The Morgan fingerprint density at radius 3 is 3.00 bits per heavy atom. The molecule has 2 heterocycles. The Morgan fingerprint density at radius 2 is 2.33 bits per heavy atom. The van der Waals surface area contributed by atoms with Crippen molar-refractivity contribution in [2.45, 2.75) is 17.9 Å². The molecule has 0 bridgehead atoms. The highest BCUT2D eigenvalue weighted by Crippen LogP contribution is 2.21. The van der Waals surface area contributed by atoms with Gasteiger partial charge in [0, 0.05) is 31.9 Å². The second-order valence-electron chi connectivity index (χ2n) is 4.17. The Hall–Kier alpha value is -1.18. The van der Waals surface area contributed by atoms with Gasteiger partial charge in [0.25, 0.3) is 0 Å². The molecule has 1 aliphatic rings. The van der Waals surface area contributed by atoms with Gasteiger partial charge in [-0.2, -0.15) is 4.31 Å². The zero-order valence-corrected chi connectivity index (χ0v) is 11.3. The number of anilines is 1. The zero-order chi connectivity index (χ0) is 13.2. The lowest BCUT2D eigenvalue weighted by atomic mass is 10.3. The fourth-order valence-corrected chi connectivity index (χ4v) is 3.53. The minimum atomic E-state index is -3.47. The van der Waals surface area contributed by atoms with Gasteiger partial charge in [-0.1, -0.05) is 0 Å². The van der Waals surface area contributed by atoms with Crippen LogP contribution < -0.4 is 5.32 Å². The molecule has 1 unspecified atom stereocenters. The third kappa shape index (κ3) is 2.47. The van der Waals surface area contributed by atoms with E-state index in [-0.39, 0.29) is 10.9 Å². The van der Waals surface area contributed by atoms with Crippen LogP contribution in [0.1, 0.15) is 6.92 Å². The topological polar surface area (TPSA) is 71.5 Å². The number of hydrogen-bond donors (Lipinski definition) is 1. The average molecular weight is 271 g/mol. The first-order chi connectivity index (χ1) is 8.55. The number of nitrogens with one attached hydrogen (secondary N) is 1. The molecule has 1 aromatic rings. The molecule has 100 valence electrons. The van der Waals surface area contributed by atoms with Crippen LogP contribution in [0.3, 0.4) is 0 Å². The molecule has 0 saturated carbocycles. The number of aromatic nitrogens is 1. The molecule has 1 aromatic heterocycles. The molecule has 6 nitrogen and oxygen atoms in total. The van der Waals surface area contributed by atoms with E-state index in [1.54, 1.807) is 7.05 Å². The summed E-state index contributed by atoms with van der Waals surface area (Å²) in [6.07, 6.45) is 1.49. The van der Waals surface area contributed by atoms with Crippen LogP contribution in [0.25, 0.3) is 0 Å². The van der Waals surface area contributed by atoms with Gasteiger partial charge < -0.3 is 10.1 Å². The molecule has 7 heteroatoms. The normalized spacial score (nSPS) is 21.8. The fraction of sp³-hybridized carbons (Fsp3) is 0.545. The van der Waals surface area contributed by atoms with Crippen LogP contribution in [0.4, 0.5) is 5.82 Å². The molecule has 1 atom stereocenters. The molecule has 18 heavy (non-hydrogen) atoms. The molecule has 1 aliphatic heterocycles. The van der Waals surface area contributed by atoms with Crippen molar-refractivity contribution < 1.29 is 13.2 Å². The molecule has 1 saturated heterocycles. The Labute approximate surface area is 107 Å². The van der Waals surface area contributed by atoms with Crippen LogP contribution in [0.15, 0.2) is 23.2 Å². The summed E-state index contributed by atoms with van der Waals surface area (Å²) in [6.45, 7) is 3.11. The number of ether oxygens (including phenoxy) is 1. The van der Waals surface area contributed by atoms with Crippen molar-refractivity contribution in [3.63, 3.8) is 0 Å². The standard InChI is InChI=1S/C11H17N3O3S/c1-9-8-17-6-5-14(9)18(15,16)10-3-4-13-11(7-10)12-2/h3-4,7,9H,5-6,8H2,1-2H3,(H,12,13). The van der Waals surface area contributed by atoms with Crippen LogP contribution in [0, 0.1) is 0 Å². The van der Waals surface area contributed by atoms with Gasteiger partial charge >= 0.3 is 0 Å². The predicted octanol–water partition coefficient (Wildman–Crippen LogP) is 0.533. The first-order valence-electron chi connectivity index (χ1n) is 5.79. The number of rotatable bonds is 3. The molecular formula is C11H17N3O3S. The van der Waals surface area contributed by atoms with Gasteiger partial charge in [-0.15, -0.1) is 0 Å². The van der Waals surface area contributed by atoms with Crippen molar-refractivity contribution in [3.05, 3.63) is 18.3 Å². The van der Waals surface area contributed by atoms with E-state index in [1.807, 2.05) is 6.92 Å². The SMILES string of the molecule is CNc1cc(S(=O)(=O)N2CCOCC2C)ccn1. The summed E-state index contributed by atoms with van der Waals surface area (Å²) in [7, 11) is -1.77. The van der Waals surface area contributed by atoms with E-state index in [0.29, 0.717) is 25.6 Å². The Morgan fingerprint density at radius 1 is 1.56 bits per heavy atom. The third-order valence-corrected chi connectivity index (χ3v) is 4.91. The third-order valence-electron chi connectivity index (χ3n) is 2.90. The first-order valence-corrected chi connectivity index (χ1v) is 7.23. The van der Waals surface area contributed by atoms with E-state index < -0.39 is 10.0 Å². The minimum Gasteiger partial charge on any atom is -0.378 e. The summed E-state index contributed by atoms with van der Waals surface area (Å²) in [5.41, 5.74) is 0. The van der Waals surface area contributed by atoms with E-state index in [2.05, 4.69) is 10.3 Å². The monoisotopic (exact) mass is 271 g/mol. The van der Waals surface area contributed by atoms with Crippen molar-refractivity contribution in [1.82, 2.24) is 9.29 Å². The lowest BCUT2D eigenvalue weighted by molar-refractivity contribution is 0.0393. The Bertz CT molecular complexity index is 518. The summed E-state index contributed by atoms with van der Waals surface area (Å²) >= 11 is 0. The maximum absolute atomic E-state index is 12.5. The summed E-state index contributed by atoms with van der Waals surface area (Å²) in [6, 6.07) is 2.91. The van der Waals surface area contributed by atoms with Crippen molar-refractivity contribution in [2.24, 2.45) is 0 Å². The van der Waals surface area contributed by atoms with Gasteiger partial charge in [-0.25, -0.2) is 13.4 Å². The number of hydrogen-bond acceptors (Lipinski definition) is 5. The highest BCUT2D eigenvalue weighted by molar-refractivity contribution is 7.89. The van der Waals surface area contributed by atoms with E-state index in [9.17, 15) is 8.42 Å². The van der Waals surface area contributed by atoms with Crippen LogP contribution >= 0.6 is 0 Å². The molecule has 2 rings (SSSR count). The maximum Gasteiger partial charge on any atom is 0.243 e. The van der Waals surface area contributed by atoms with Crippen LogP contribution in [-0.2, 0) is 14.8 Å². The van der Waals surface area contributed by atoms with Gasteiger partial charge in [-0.3, -0.25) is 0 Å². The highest BCUT2D eigenvalue weighted by atomic mass is 32.2. The van der Waals surface area contributed by atoms with Gasteiger partial charge in [-0.05, 0) is 13.0 Å².